The molecule has 0 radical (unpaired) electrons. The Kier molecular flexibility index (Phi) is 4.61. The summed E-state index contributed by atoms with van der Waals surface area (Å²) in [7, 11) is 1.24. The number of carboxylic acid groups (broad SMARTS) is 1. The normalized spacial score (nSPS) is 10.4. The number of nitrogens with zero attached hydrogens (tertiary/aromatic N) is 1. The van der Waals surface area contributed by atoms with Crippen LogP contribution >= 0.6 is 15.9 Å². The predicted octanol–water partition coefficient (Wildman–Crippen LogP) is 2.28. The van der Waals surface area contributed by atoms with Crippen LogP contribution in [0.3, 0.4) is 0 Å². The van der Waals surface area contributed by atoms with Crippen LogP contribution in [0.15, 0.2) is 28.7 Å². The molecular formula is C16H13BrNO4-. The monoisotopic (exact) mass is 362 g/mol. The minimum Gasteiger partial charge on any atom is -0.545 e. The molecule has 0 unspecified atom stereocenters. The Labute approximate surface area is 136 Å². The predicted molar refractivity (Wildman–Crippen MR) is 82.5 cm³/mol. The first-order chi connectivity index (χ1) is 10.4. The third kappa shape index (κ3) is 2.74. The highest BCUT2D eigenvalue weighted by Gasteiger charge is 2.24. The number of carbonyl (C=O) groups is 2. The summed E-state index contributed by atoms with van der Waals surface area (Å²) in [5, 5.41) is 11.6. The van der Waals surface area contributed by atoms with Gasteiger partial charge in [-0.15, -0.1) is 0 Å². The second-order valence-electron chi connectivity index (χ2n) is 4.67. The number of benzene rings is 1. The van der Waals surface area contributed by atoms with Gasteiger partial charge < -0.3 is 14.6 Å². The molecule has 1 aromatic heterocycles. The number of aryl methyl sites for hydroxylation is 2. The summed E-state index contributed by atoms with van der Waals surface area (Å²) in [6.45, 7) is 3.21. The smallest absolute Gasteiger partial charge is 0.340 e. The van der Waals surface area contributed by atoms with Crippen LogP contribution in [0.4, 0.5) is 0 Å². The maximum Gasteiger partial charge on any atom is 0.340 e. The second-order valence-corrected chi connectivity index (χ2v) is 5.52. The Morgan fingerprint density at radius 3 is 2.27 bits per heavy atom. The lowest BCUT2D eigenvalue weighted by Gasteiger charge is -2.19. The van der Waals surface area contributed by atoms with Crippen LogP contribution in [-0.2, 0) is 4.74 Å². The first-order valence-electron chi connectivity index (χ1n) is 6.44. The van der Waals surface area contributed by atoms with Crippen molar-refractivity contribution in [3.8, 4) is 11.1 Å². The molecule has 1 heterocycles. The molecule has 0 aliphatic rings. The van der Waals surface area contributed by atoms with Crippen LogP contribution in [0.1, 0.15) is 32.1 Å². The number of aromatic nitrogens is 1. The molecule has 0 bridgehead atoms. The van der Waals surface area contributed by atoms with Gasteiger partial charge in [-0.05, 0) is 25.5 Å². The largest absolute Gasteiger partial charge is 0.545 e. The van der Waals surface area contributed by atoms with Crippen molar-refractivity contribution in [3.63, 3.8) is 0 Å². The van der Waals surface area contributed by atoms with E-state index in [4.69, 9.17) is 4.74 Å². The summed E-state index contributed by atoms with van der Waals surface area (Å²) in [6, 6.07) is 7.04. The van der Waals surface area contributed by atoms with Crippen LogP contribution in [0.5, 0.6) is 0 Å². The molecule has 114 valence electrons. The zero-order chi connectivity index (χ0) is 16.4. The van der Waals surface area contributed by atoms with Gasteiger partial charge in [0, 0.05) is 21.3 Å². The highest BCUT2D eigenvalue weighted by molar-refractivity contribution is 9.10. The highest BCUT2D eigenvalue weighted by atomic mass is 79.9. The molecule has 0 aliphatic heterocycles. The lowest BCUT2D eigenvalue weighted by molar-refractivity contribution is -0.255. The number of carboxylic acids is 1. The van der Waals surface area contributed by atoms with E-state index < -0.39 is 11.9 Å². The van der Waals surface area contributed by atoms with Gasteiger partial charge >= 0.3 is 5.97 Å². The quantitative estimate of drug-likeness (QED) is 0.782. The number of methoxy groups -OCH3 is 1. The van der Waals surface area contributed by atoms with Crippen LogP contribution in [0, 0.1) is 13.8 Å². The van der Waals surface area contributed by atoms with Gasteiger partial charge in [0.15, 0.2) is 0 Å². The fourth-order valence-electron chi connectivity index (χ4n) is 2.39. The molecule has 6 heteroatoms. The Balaban J connectivity index is 2.98. The standard InChI is InChI=1S/C16H14BrNO4/c1-8-12(15(19)20)14(10-6-4-5-7-11(10)17)13(9(2)18-8)16(21)22-3/h4-7H,1-3H3,(H,19,20)/p-1. The summed E-state index contributed by atoms with van der Waals surface area (Å²) in [5.74, 6) is -2.03. The van der Waals surface area contributed by atoms with Crippen molar-refractivity contribution in [2.24, 2.45) is 0 Å². The lowest BCUT2D eigenvalue weighted by Crippen LogP contribution is -2.26. The fraction of sp³-hybridized carbons (Fsp3) is 0.188. The molecule has 0 spiro atoms. The van der Waals surface area contributed by atoms with E-state index in [0.29, 0.717) is 15.7 Å². The summed E-state index contributed by atoms with van der Waals surface area (Å²) in [4.78, 5) is 27.9. The van der Waals surface area contributed by atoms with Gasteiger partial charge in [-0.1, -0.05) is 34.1 Å². The Morgan fingerprint density at radius 2 is 1.73 bits per heavy atom. The van der Waals surface area contributed by atoms with E-state index >= 15 is 0 Å². The molecule has 0 N–H and O–H groups in total. The van der Waals surface area contributed by atoms with Gasteiger partial charge in [0.05, 0.1) is 24.3 Å². The Morgan fingerprint density at radius 1 is 1.14 bits per heavy atom. The van der Waals surface area contributed by atoms with Crippen molar-refractivity contribution in [1.29, 1.82) is 0 Å². The number of rotatable bonds is 3. The van der Waals surface area contributed by atoms with E-state index in [2.05, 4.69) is 20.9 Å². The number of carbonyl (C=O) groups excluding carboxylic acids is 2. The number of aromatic carboxylic acids is 1. The summed E-state index contributed by atoms with van der Waals surface area (Å²) in [6.07, 6.45) is 0. The average Bonchev–Trinajstić information content (AvgIpc) is 2.45. The van der Waals surface area contributed by atoms with E-state index in [9.17, 15) is 14.7 Å². The van der Waals surface area contributed by atoms with Crippen molar-refractivity contribution < 1.29 is 19.4 Å². The third-order valence-electron chi connectivity index (χ3n) is 3.30. The van der Waals surface area contributed by atoms with Gasteiger partial charge in [-0.3, -0.25) is 4.98 Å². The molecule has 2 rings (SSSR count). The van der Waals surface area contributed by atoms with Crippen LogP contribution in [-0.4, -0.2) is 24.0 Å². The second kappa shape index (κ2) is 6.27. The minimum absolute atomic E-state index is 0.113. The summed E-state index contributed by atoms with van der Waals surface area (Å²) in [5.41, 5.74) is 1.52. The third-order valence-corrected chi connectivity index (χ3v) is 3.99. The van der Waals surface area contributed by atoms with E-state index in [1.807, 2.05) is 0 Å². The van der Waals surface area contributed by atoms with Gasteiger partial charge in [-0.2, -0.15) is 0 Å². The maximum absolute atomic E-state index is 12.1. The van der Waals surface area contributed by atoms with Crippen molar-refractivity contribution in [3.05, 3.63) is 51.3 Å². The van der Waals surface area contributed by atoms with E-state index in [-0.39, 0.29) is 22.4 Å². The molecule has 0 aliphatic carbocycles. The Hall–Kier alpha value is -2.21. The molecule has 0 atom stereocenters. The molecule has 1 aromatic carbocycles. The van der Waals surface area contributed by atoms with Crippen LogP contribution < -0.4 is 5.11 Å². The molecule has 5 nitrogen and oxygen atoms in total. The topological polar surface area (TPSA) is 79.3 Å². The lowest BCUT2D eigenvalue weighted by atomic mass is 9.92. The first kappa shape index (κ1) is 16.2. The number of hydrogen-bond donors (Lipinski definition) is 0. The van der Waals surface area contributed by atoms with Crippen LogP contribution in [0.25, 0.3) is 11.1 Å². The molecule has 0 saturated heterocycles. The van der Waals surface area contributed by atoms with Crippen LogP contribution in [0.2, 0.25) is 0 Å². The molecule has 22 heavy (non-hydrogen) atoms. The average molecular weight is 363 g/mol. The number of pyridine rings is 1. The van der Waals surface area contributed by atoms with E-state index in [0.717, 1.165) is 0 Å². The van der Waals surface area contributed by atoms with Crippen molar-refractivity contribution in [2.45, 2.75) is 13.8 Å². The van der Waals surface area contributed by atoms with Crippen molar-refractivity contribution in [2.75, 3.05) is 7.11 Å². The van der Waals surface area contributed by atoms with Gasteiger partial charge in [0.2, 0.25) is 0 Å². The molecule has 0 amide bonds. The Bertz CT molecular complexity index is 771. The van der Waals surface area contributed by atoms with E-state index in [1.165, 1.54) is 7.11 Å². The summed E-state index contributed by atoms with van der Waals surface area (Å²) >= 11 is 3.38. The number of esters is 1. The number of ether oxygens (including phenoxy) is 1. The van der Waals surface area contributed by atoms with Gasteiger partial charge in [-0.25, -0.2) is 4.79 Å². The fourth-order valence-corrected chi connectivity index (χ4v) is 2.87. The molecule has 2 aromatic rings. The van der Waals surface area contributed by atoms with Gasteiger partial charge in [0.1, 0.15) is 0 Å². The minimum atomic E-state index is -1.39. The molecule has 0 fully saturated rings. The zero-order valence-electron chi connectivity index (χ0n) is 12.3. The molecule has 0 saturated carbocycles. The van der Waals surface area contributed by atoms with E-state index in [1.54, 1.807) is 38.1 Å². The highest BCUT2D eigenvalue weighted by Crippen LogP contribution is 2.35. The van der Waals surface area contributed by atoms with Crippen molar-refractivity contribution >= 4 is 27.9 Å². The number of hydrogen-bond acceptors (Lipinski definition) is 5. The molecular weight excluding hydrogens is 350 g/mol. The number of halogens is 1. The van der Waals surface area contributed by atoms with Crippen molar-refractivity contribution in [1.82, 2.24) is 4.98 Å². The summed E-state index contributed by atoms with van der Waals surface area (Å²) < 4.78 is 5.45. The van der Waals surface area contributed by atoms with Gasteiger partial charge in [0.25, 0.3) is 0 Å². The zero-order valence-corrected chi connectivity index (χ0v) is 13.9. The maximum atomic E-state index is 12.1. The SMILES string of the molecule is COC(=O)c1c(C)nc(C)c(C(=O)[O-])c1-c1ccccc1Br. The first-order valence-corrected chi connectivity index (χ1v) is 7.23.